The van der Waals surface area contributed by atoms with Crippen LogP contribution in [0, 0.1) is 0 Å². The van der Waals surface area contributed by atoms with Gasteiger partial charge in [0.1, 0.15) is 6.10 Å². The third-order valence-corrected chi connectivity index (χ3v) is 5.65. The Morgan fingerprint density at radius 1 is 1.16 bits per heavy atom. The van der Waals surface area contributed by atoms with E-state index >= 15 is 0 Å². The van der Waals surface area contributed by atoms with Crippen molar-refractivity contribution >= 4 is 11.6 Å². The Morgan fingerprint density at radius 3 is 2.88 bits per heavy atom. The molecule has 3 aliphatic rings. The average Bonchev–Trinajstić information content (AvgIpc) is 3.03. The molecule has 25 heavy (non-hydrogen) atoms. The van der Waals surface area contributed by atoms with E-state index in [-0.39, 0.29) is 11.9 Å². The topological polar surface area (TPSA) is 68.9 Å². The number of nitrogens with one attached hydrogen (secondary N) is 1. The lowest BCUT2D eigenvalue weighted by molar-refractivity contribution is -0.186. The molecule has 1 saturated carbocycles. The lowest BCUT2D eigenvalue weighted by atomic mass is 9.90. The highest BCUT2D eigenvalue weighted by Gasteiger charge is 2.42. The molecule has 5 nitrogen and oxygen atoms in total. The highest BCUT2D eigenvalue weighted by atomic mass is 16.7. The van der Waals surface area contributed by atoms with Gasteiger partial charge in [0.15, 0.2) is 11.7 Å². The molecule has 1 aliphatic heterocycles. The number of aryl methyl sites for hydroxylation is 1. The first-order chi connectivity index (χ1) is 12.2. The third kappa shape index (κ3) is 3.82. The summed E-state index contributed by atoms with van der Waals surface area (Å²) in [6, 6.07) is 6.42. The lowest BCUT2D eigenvalue weighted by Gasteiger charge is -2.31. The van der Waals surface area contributed by atoms with E-state index in [1.165, 1.54) is 43.2 Å². The molecule has 0 amide bonds. The highest BCUT2D eigenvalue weighted by Crippen LogP contribution is 2.37. The Hall–Kier alpha value is -1.59. The quantitative estimate of drug-likeness (QED) is 0.652. The van der Waals surface area contributed by atoms with Gasteiger partial charge in [0.2, 0.25) is 0 Å². The van der Waals surface area contributed by atoms with Gasteiger partial charge in [-0.05, 0) is 55.7 Å². The van der Waals surface area contributed by atoms with Crippen molar-refractivity contribution in [3.05, 3.63) is 29.3 Å². The number of nitrogens with zero attached hydrogens (tertiary/aromatic N) is 1. The predicted octanol–water partition coefficient (Wildman–Crippen LogP) is 3.37. The first-order valence-electron chi connectivity index (χ1n) is 9.74. The van der Waals surface area contributed by atoms with Gasteiger partial charge >= 0.3 is 0 Å². The number of aliphatic imine (C=N–C) groups is 1. The minimum atomic E-state index is -0.334. The van der Waals surface area contributed by atoms with Crippen molar-refractivity contribution in [2.24, 2.45) is 10.7 Å². The molecule has 4 rings (SSSR count). The minimum Gasteiger partial charge on any atom is -0.370 e. The standard InChI is InChI=1S/C20H29N3O2/c21-19(23-18-10-6-8-15-7-2-3-9-17(15)18)22-13-16-14-24-20(25-16)11-4-1-5-12-20/h6,8,10,16H,1-5,7,9,11-14H2,(H3,21,22,23). The van der Waals surface area contributed by atoms with E-state index in [9.17, 15) is 0 Å². The van der Waals surface area contributed by atoms with Crippen LogP contribution in [0.2, 0.25) is 0 Å². The highest BCUT2D eigenvalue weighted by molar-refractivity contribution is 5.93. The Kier molecular flexibility index (Phi) is 4.95. The van der Waals surface area contributed by atoms with Crippen molar-refractivity contribution in [2.75, 3.05) is 18.5 Å². The molecule has 136 valence electrons. The minimum absolute atomic E-state index is 0.0168. The van der Waals surface area contributed by atoms with Crippen LogP contribution in [-0.2, 0) is 22.3 Å². The second kappa shape index (κ2) is 7.34. The number of benzene rings is 1. The van der Waals surface area contributed by atoms with E-state index in [1.807, 2.05) is 0 Å². The first-order valence-corrected chi connectivity index (χ1v) is 9.74. The molecule has 1 aromatic rings. The fraction of sp³-hybridized carbons (Fsp3) is 0.650. The first kappa shape index (κ1) is 16.9. The number of guanidine groups is 1. The van der Waals surface area contributed by atoms with Crippen molar-refractivity contribution in [3.8, 4) is 0 Å². The summed E-state index contributed by atoms with van der Waals surface area (Å²) < 4.78 is 12.1. The molecule has 1 unspecified atom stereocenters. The zero-order valence-electron chi connectivity index (χ0n) is 14.9. The van der Waals surface area contributed by atoms with Crippen LogP contribution < -0.4 is 11.1 Å². The Balaban J connectivity index is 1.35. The molecule has 2 fully saturated rings. The smallest absolute Gasteiger partial charge is 0.193 e. The zero-order valence-corrected chi connectivity index (χ0v) is 14.9. The second-order valence-electron chi connectivity index (χ2n) is 7.52. The van der Waals surface area contributed by atoms with Gasteiger partial charge in [-0.2, -0.15) is 0 Å². The van der Waals surface area contributed by atoms with Crippen LogP contribution in [0.1, 0.15) is 56.1 Å². The summed E-state index contributed by atoms with van der Waals surface area (Å²) in [6.07, 6.45) is 10.5. The van der Waals surface area contributed by atoms with E-state index in [0.29, 0.717) is 19.1 Å². The van der Waals surface area contributed by atoms with Crippen LogP contribution in [0.3, 0.4) is 0 Å². The molecule has 0 aromatic heterocycles. The van der Waals surface area contributed by atoms with Gasteiger partial charge in [-0.15, -0.1) is 0 Å². The van der Waals surface area contributed by atoms with Crippen LogP contribution in [-0.4, -0.2) is 31.0 Å². The largest absolute Gasteiger partial charge is 0.370 e. The van der Waals surface area contributed by atoms with Gasteiger partial charge in [-0.1, -0.05) is 18.6 Å². The maximum Gasteiger partial charge on any atom is 0.193 e. The van der Waals surface area contributed by atoms with E-state index in [2.05, 4.69) is 28.5 Å². The maximum absolute atomic E-state index is 6.17. The van der Waals surface area contributed by atoms with Crippen molar-refractivity contribution in [1.82, 2.24) is 0 Å². The second-order valence-corrected chi connectivity index (χ2v) is 7.52. The van der Waals surface area contributed by atoms with Gasteiger partial charge in [0.05, 0.1) is 13.2 Å². The predicted molar refractivity (Wildman–Crippen MR) is 99.8 cm³/mol. The number of ether oxygens (including phenoxy) is 2. The normalized spacial score (nSPS) is 25.8. The van der Waals surface area contributed by atoms with E-state index in [0.717, 1.165) is 31.4 Å². The molecule has 0 bridgehead atoms. The fourth-order valence-electron chi connectivity index (χ4n) is 4.34. The molecular weight excluding hydrogens is 314 g/mol. The van der Waals surface area contributed by atoms with E-state index in [1.54, 1.807) is 0 Å². The molecule has 0 radical (unpaired) electrons. The van der Waals surface area contributed by atoms with E-state index in [4.69, 9.17) is 15.2 Å². The summed E-state index contributed by atoms with van der Waals surface area (Å²) in [4.78, 5) is 4.51. The Bertz CT molecular complexity index is 638. The fourth-order valence-corrected chi connectivity index (χ4v) is 4.34. The van der Waals surface area contributed by atoms with Gasteiger partial charge in [-0.3, -0.25) is 4.99 Å². The third-order valence-electron chi connectivity index (χ3n) is 5.65. The molecule has 5 heteroatoms. The number of anilines is 1. The summed E-state index contributed by atoms with van der Waals surface area (Å²) in [5.74, 6) is 0.131. The van der Waals surface area contributed by atoms with Crippen LogP contribution in [0.25, 0.3) is 0 Å². The molecule has 3 N–H and O–H groups in total. The van der Waals surface area contributed by atoms with Gasteiger partial charge in [0.25, 0.3) is 0 Å². The number of fused-ring (bicyclic) bond motifs is 1. The summed E-state index contributed by atoms with van der Waals surface area (Å²) in [6.45, 7) is 1.17. The number of nitrogens with two attached hydrogens (primary N) is 1. The number of hydrogen-bond acceptors (Lipinski definition) is 3. The van der Waals surface area contributed by atoms with Crippen molar-refractivity contribution in [2.45, 2.75) is 69.7 Å². The monoisotopic (exact) mass is 343 g/mol. The van der Waals surface area contributed by atoms with E-state index < -0.39 is 0 Å². The van der Waals surface area contributed by atoms with Crippen LogP contribution >= 0.6 is 0 Å². The van der Waals surface area contributed by atoms with Gasteiger partial charge in [-0.25, -0.2) is 0 Å². The lowest BCUT2D eigenvalue weighted by Crippen LogP contribution is -2.34. The molecule has 1 saturated heterocycles. The van der Waals surface area contributed by atoms with Gasteiger partial charge in [0, 0.05) is 18.5 Å². The molecule has 1 atom stereocenters. The summed E-state index contributed by atoms with van der Waals surface area (Å²) in [7, 11) is 0. The zero-order chi connectivity index (χ0) is 17.1. The molecular formula is C20H29N3O2. The summed E-state index contributed by atoms with van der Waals surface area (Å²) >= 11 is 0. The molecule has 1 spiro atoms. The van der Waals surface area contributed by atoms with Gasteiger partial charge < -0.3 is 20.5 Å². The molecule has 2 aliphatic carbocycles. The summed E-state index contributed by atoms with van der Waals surface area (Å²) in [5, 5.41) is 3.30. The average molecular weight is 343 g/mol. The van der Waals surface area contributed by atoms with Crippen molar-refractivity contribution in [1.29, 1.82) is 0 Å². The Labute approximate surface area is 150 Å². The number of hydrogen-bond donors (Lipinski definition) is 2. The van der Waals surface area contributed by atoms with Crippen molar-refractivity contribution in [3.63, 3.8) is 0 Å². The van der Waals surface area contributed by atoms with Crippen molar-refractivity contribution < 1.29 is 9.47 Å². The molecule has 1 aromatic carbocycles. The van der Waals surface area contributed by atoms with Crippen LogP contribution in [0.15, 0.2) is 23.2 Å². The summed E-state index contributed by atoms with van der Waals surface area (Å²) in [5.41, 5.74) is 10.1. The number of rotatable bonds is 3. The van der Waals surface area contributed by atoms with Crippen LogP contribution in [0.4, 0.5) is 5.69 Å². The molecule has 1 heterocycles. The van der Waals surface area contributed by atoms with Crippen LogP contribution in [0.5, 0.6) is 0 Å². The maximum atomic E-state index is 6.17. The Morgan fingerprint density at radius 2 is 2.00 bits per heavy atom. The SMILES string of the molecule is NC(=NCC1COC2(CCCCC2)O1)Nc1cccc2c1CCCC2.